The van der Waals surface area contributed by atoms with E-state index in [1.165, 1.54) is 54.8 Å². The van der Waals surface area contributed by atoms with Gasteiger partial charge >= 0.3 is 0 Å². The standard InChI is InChI=1S/C51H36N2O/c1-51(2)44-32-36(52(33-15-5-3-6-16-33)35-26-30-48-43(31-35)40-22-13-14-24-47(40)54-48)25-28-45(44)53(34-17-7-4-8-18-34)46-29-27-42-39-21-10-9-19-37(39)38-20-11-12-23-41(38)49(42)50(46)51/h3-32H,1-2H3. The molecule has 3 nitrogen and oxygen atoms in total. The molecule has 0 unspecified atom stereocenters. The predicted molar refractivity (Wildman–Crippen MR) is 228 cm³/mol. The van der Waals surface area contributed by atoms with E-state index in [0.717, 1.165) is 44.7 Å². The minimum atomic E-state index is -0.357. The van der Waals surface area contributed by atoms with E-state index in [9.17, 15) is 0 Å². The van der Waals surface area contributed by atoms with Crippen molar-refractivity contribution >= 4 is 88.4 Å². The minimum Gasteiger partial charge on any atom is -0.456 e. The van der Waals surface area contributed by atoms with Gasteiger partial charge in [0.05, 0.1) is 11.4 Å². The summed E-state index contributed by atoms with van der Waals surface area (Å²) in [5.74, 6) is 0. The fraction of sp³-hybridized carbons (Fsp3) is 0.0588. The first-order chi connectivity index (χ1) is 26.6. The van der Waals surface area contributed by atoms with E-state index in [1.807, 2.05) is 12.1 Å². The monoisotopic (exact) mass is 692 g/mol. The zero-order valence-corrected chi connectivity index (χ0v) is 30.1. The lowest BCUT2D eigenvalue weighted by atomic mass is 9.70. The molecule has 2 heterocycles. The zero-order valence-electron chi connectivity index (χ0n) is 30.1. The third-order valence-electron chi connectivity index (χ3n) is 11.6. The third-order valence-corrected chi connectivity index (χ3v) is 11.6. The molecule has 10 aromatic rings. The van der Waals surface area contributed by atoms with Crippen LogP contribution in [0.1, 0.15) is 25.0 Å². The summed E-state index contributed by atoms with van der Waals surface area (Å²) < 4.78 is 6.26. The fourth-order valence-corrected chi connectivity index (χ4v) is 9.16. The molecule has 1 aromatic heterocycles. The van der Waals surface area contributed by atoms with Crippen molar-refractivity contribution in [2.75, 3.05) is 9.80 Å². The molecule has 9 aromatic carbocycles. The van der Waals surface area contributed by atoms with E-state index >= 15 is 0 Å². The molecule has 1 aliphatic rings. The van der Waals surface area contributed by atoms with Crippen molar-refractivity contribution in [3.63, 3.8) is 0 Å². The number of furan rings is 1. The van der Waals surface area contributed by atoms with E-state index < -0.39 is 0 Å². The van der Waals surface area contributed by atoms with E-state index in [1.54, 1.807) is 0 Å². The van der Waals surface area contributed by atoms with Gasteiger partial charge in [-0.05, 0) is 116 Å². The summed E-state index contributed by atoms with van der Waals surface area (Å²) in [7, 11) is 0. The normalized spacial score (nSPS) is 13.5. The summed E-state index contributed by atoms with van der Waals surface area (Å²) in [5, 5.41) is 9.98. The van der Waals surface area contributed by atoms with Gasteiger partial charge in [-0.25, -0.2) is 0 Å². The molecule has 0 fully saturated rings. The van der Waals surface area contributed by atoms with Gasteiger partial charge < -0.3 is 14.2 Å². The molecule has 54 heavy (non-hydrogen) atoms. The van der Waals surface area contributed by atoms with Crippen LogP contribution >= 0.6 is 0 Å². The van der Waals surface area contributed by atoms with Crippen molar-refractivity contribution in [1.29, 1.82) is 0 Å². The topological polar surface area (TPSA) is 19.6 Å². The van der Waals surface area contributed by atoms with Crippen LogP contribution in [0.4, 0.5) is 34.1 Å². The van der Waals surface area contributed by atoms with Gasteiger partial charge in [0, 0.05) is 38.9 Å². The number of benzene rings is 9. The van der Waals surface area contributed by atoms with Gasteiger partial charge in [-0.15, -0.1) is 0 Å². The Balaban J connectivity index is 1.20. The maximum atomic E-state index is 6.26. The van der Waals surface area contributed by atoms with E-state index in [2.05, 4.69) is 194 Å². The minimum absolute atomic E-state index is 0.357. The number of nitrogens with zero attached hydrogens (tertiary/aromatic N) is 2. The van der Waals surface area contributed by atoms with Crippen LogP contribution in [0.5, 0.6) is 0 Å². The Labute approximate surface area is 313 Å². The Hall–Kier alpha value is -6.84. The van der Waals surface area contributed by atoms with Crippen LogP contribution in [0.2, 0.25) is 0 Å². The lowest BCUT2D eigenvalue weighted by Gasteiger charge is -2.43. The Bertz CT molecular complexity index is 3050. The van der Waals surface area contributed by atoms with Gasteiger partial charge in [0.2, 0.25) is 0 Å². The second-order valence-corrected chi connectivity index (χ2v) is 14.9. The molecule has 0 aliphatic carbocycles. The van der Waals surface area contributed by atoms with Crippen molar-refractivity contribution in [3.8, 4) is 0 Å². The number of fused-ring (bicyclic) bond motifs is 12. The summed E-state index contributed by atoms with van der Waals surface area (Å²) in [5.41, 5.74) is 10.9. The average Bonchev–Trinajstić information content (AvgIpc) is 3.60. The van der Waals surface area contributed by atoms with Crippen molar-refractivity contribution in [2.45, 2.75) is 19.3 Å². The van der Waals surface area contributed by atoms with Crippen LogP contribution in [0.3, 0.4) is 0 Å². The van der Waals surface area contributed by atoms with Crippen LogP contribution < -0.4 is 9.80 Å². The molecule has 0 bridgehead atoms. The average molecular weight is 693 g/mol. The number of anilines is 6. The number of rotatable bonds is 4. The van der Waals surface area contributed by atoms with Gasteiger partial charge in [0.25, 0.3) is 0 Å². The predicted octanol–water partition coefficient (Wildman–Crippen LogP) is 14.6. The third kappa shape index (κ3) is 4.42. The van der Waals surface area contributed by atoms with E-state index in [-0.39, 0.29) is 5.41 Å². The summed E-state index contributed by atoms with van der Waals surface area (Å²) in [4.78, 5) is 4.85. The fourth-order valence-electron chi connectivity index (χ4n) is 9.16. The van der Waals surface area contributed by atoms with Gasteiger partial charge in [0.1, 0.15) is 11.2 Å². The second kappa shape index (κ2) is 11.6. The highest BCUT2D eigenvalue weighted by molar-refractivity contribution is 6.27. The molecule has 0 radical (unpaired) electrons. The van der Waals surface area contributed by atoms with Gasteiger partial charge in [-0.1, -0.05) is 123 Å². The molecule has 0 atom stereocenters. The Kier molecular flexibility index (Phi) is 6.60. The quantitative estimate of drug-likeness (QED) is 0.171. The first kappa shape index (κ1) is 30.8. The second-order valence-electron chi connectivity index (χ2n) is 14.9. The van der Waals surface area contributed by atoms with Crippen LogP contribution in [0.15, 0.2) is 186 Å². The van der Waals surface area contributed by atoms with E-state index in [0.29, 0.717) is 0 Å². The Morgan fingerprint density at radius 2 is 0.963 bits per heavy atom. The molecule has 0 amide bonds. The maximum Gasteiger partial charge on any atom is 0.135 e. The first-order valence-electron chi connectivity index (χ1n) is 18.7. The van der Waals surface area contributed by atoms with Gasteiger partial charge in [-0.3, -0.25) is 0 Å². The molecule has 0 spiro atoms. The van der Waals surface area contributed by atoms with Crippen LogP contribution in [-0.4, -0.2) is 0 Å². The Morgan fingerprint density at radius 3 is 1.70 bits per heavy atom. The molecule has 0 saturated heterocycles. The highest BCUT2D eigenvalue weighted by Gasteiger charge is 2.39. The molecule has 0 N–H and O–H groups in total. The van der Waals surface area contributed by atoms with Gasteiger partial charge in [-0.2, -0.15) is 0 Å². The zero-order chi connectivity index (χ0) is 36.0. The van der Waals surface area contributed by atoms with Crippen molar-refractivity contribution in [2.24, 2.45) is 0 Å². The van der Waals surface area contributed by atoms with Gasteiger partial charge in [0.15, 0.2) is 0 Å². The number of hydrogen-bond donors (Lipinski definition) is 0. The van der Waals surface area contributed by atoms with Crippen molar-refractivity contribution in [3.05, 3.63) is 193 Å². The SMILES string of the molecule is CC1(C)c2cc(N(c3ccccc3)c3ccc4oc5ccccc5c4c3)ccc2N(c2ccccc2)c2ccc3c4ccccc4c4ccccc4c3c21. The molecule has 256 valence electrons. The summed E-state index contributed by atoms with van der Waals surface area (Å²) in [6.45, 7) is 4.83. The molecular formula is C51H36N2O. The molecular weight excluding hydrogens is 657 g/mol. The summed E-state index contributed by atoms with van der Waals surface area (Å²) in [6.07, 6.45) is 0. The molecule has 0 saturated carbocycles. The maximum absolute atomic E-state index is 6.26. The largest absolute Gasteiger partial charge is 0.456 e. The summed E-state index contributed by atoms with van der Waals surface area (Å²) >= 11 is 0. The molecule has 11 rings (SSSR count). The number of para-hydroxylation sites is 3. The Morgan fingerprint density at radius 1 is 0.426 bits per heavy atom. The van der Waals surface area contributed by atoms with Crippen LogP contribution in [-0.2, 0) is 5.41 Å². The lowest BCUT2D eigenvalue weighted by Crippen LogP contribution is -2.31. The summed E-state index contributed by atoms with van der Waals surface area (Å²) in [6, 6.07) is 65.9. The van der Waals surface area contributed by atoms with Crippen LogP contribution in [0.25, 0.3) is 54.3 Å². The van der Waals surface area contributed by atoms with Crippen molar-refractivity contribution in [1.82, 2.24) is 0 Å². The number of hydrogen-bond acceptors (Lipinski definition) is 3. The lowest BCUT2D eigenvalue weighted by molar-refractivity contribution is 0.638. The molecule has 1 aliphatic heterocycles. The first-order valence-corrected chi connectivity index (χ1v) is 18.7. The molecule has 3 heteroatoms. The van der Waals surface area contributed by atoms with Crippen LogP contribution in [0, 0.1) is 0 Å². The van der Waals surface area contributed by atoms with Crippen molar-refractivity contribution < 1.29 is 4.42 Å². The highest BCUT2D eigenvalue weighted by atomic mass is 16.3. The highest BCUT2D eigenvalue weighted by Crippen LogP contribution is 2.56. The smallest absolute Gasteiger partial charge is 0.135 e. The van der Waals surface area contributed by atoms with E-state index in [4.69, 9.17) is 4.42 Å².